The molecular formula is C24H26N4O4S. The molecule has 0 unspecified atom stereocenters. The number of piperidine rings is 1. The van der Waals surface area contributed by atoms with Crippen LogP contribution in [-0.4, -0.2) is 41.5 Å². The Morgan fingerprint density at radius 1 is 1.09 bits per heavy atom. The minimum absolute atomic E-state index is 0.0382. The highest BCUT2D eigenvalue weighted by atomic mass is 32.2. The lowest BCUT2D eigenvalue weighted by Crippen LogP contribution is -2.35. The lowest BCUT2D eigenvalue weighted by atomic mass is 10.0. The average Bonchev–Trinajstić information content (AvgIpc) is 3.23. The summed E-state index contributed by atoms with van der Waals surface area (Å²) in [6.45, 7) is 3.58. The number of sulfonamides is 1. The van der Waals surface area contributed by atoms with Gasteiger partial charge in [0.1, 0.15) is 18.9 Å². The molecule has 0 radical (unpaired) electrons. The van der Waals surface area contributed by atoms with Gasteiger partial charge < -0.3 is 10.1 Å². The smallest absolute Gasteiger partial charge is 0.246 e. The molecule has 0 saturated carbocycles. The second kappa shape index (κ2) is 8.64. The molecule has 0 bridgehead atoms. The number of anilines is 1. The Labute approximate surface area is 193 Å². The van der Waals surface area contributed by atoms with Crippen molar-refractivity contribution in [2.45, 2.75) is 44.2 Å². The number of ether oxygens (including phenoxy) is 1. The van der Waals surface area contributed by atoms with E-state index >= 15 is 0 Å². The average molecular weight is 467 g/mol. The maximum Gasteiger partial charge on any atom is 0.246 e. The fourth-order valence-corrected chi connectivity index (χ4v) is 5.89. The van der Waals surface area contributed by atoms with Crippen molar-refractivity contribution in [3.63, 3.8) is 0 Å². The Morgan fingerprint density at radius 3 is 2.61 bits per heavy atom. The van der Waals surface area contributed by atoms with Crippen LogP contribution in [0.25, 0.3) is 11.3 Å². The van der Waals surface area contributed by atoms with Crippen molar-refractivity contribution in [1.82, 2.24) is 14.1 Å². The first-order valence-electron chi connectivity index (χ1n) is 11.1. The van der Waals surface area contributed by atoms with Crippen molar-refractivity contribution < 1.29 is 17.9 Å². The lowest BCUT2D eigenvalue weighted by Gasteiger charge is -2.25. The molecular weight excluding hydrogens is 440 g/mol. The number of nitrogens with one attached hydrogen (secondary N) is 1. The minimum Gasteiger partial charge on any atom is -0.488 e. The molecule has 9 heteroatoms. The SMILES string of the molecule is Cc1ccc2c(c1)-c1c(cnn1CC(=O)Nc1ccc(S(=O)(=O)N3CCCCC3)cc1)CO2. The third-order valence-corrected chi connectivity index (χ3v) is 7.99. The summed E-state index contributed by atoms with van der Waals surface area (Å²) in [5, 5.41) is 7.24. The van der Waals surface area contributed by atoms with E-state index in [9.17, 15) is 13.2 Å². The summed E-state index contributed by atoms with van der Waals surface area (Å²) >= 11 is 0. The summed E-state index contributed by atoms with van der Waals surface area (Å²) < 4.78 is 34.6. The first-order chi connectivity index (χ1) is 15.9. The summed E-state index contributed by atoms with van der Waals surface area (Å²) in [4.78, 5) is 13.0. The van der Waals surface area contributed by atoms with Gasteiger partial charge in [0, 0.05) is 29.9 Å². The number of amides is 1. The molecule has 5 rings (SSSR count). The van der Waals surface area contributed by atoms with E-state index in [1.54, 1.807) is 35.1 Å². The van der Waals surface area contributed by atoms with E-state index in [-0.39, 0.29) is 17.3 Å². The number of carbonyl (C=O) groups excluding carboxylic acids is 1. The molecule has 1 saturated heterocycles. The number of aryl methyl sites for hydroxylation is 1. The predicted molar refractivity (Wildman–Crippen MR) is 124 cm³/mol. The molecule has 3 heterocycles. The van der Waals surface area contributed by atoms with Gasteiger partial charge >= 0.3 is 0 Å². The van der Waals surface area contributed by atoms with Crippen molar-refractivity contribution in [2.24, 2.45) is 0 Å². The highest BCUT2D eigenvalue weighted by Gasteiger charge is 2.26. The van der Waals surface area contributed by atoms with E-state index in [2.05, 4.69) is 10.4 Å². The second-order valence-corrected chi connectivity index (χ2v) is 10.4. The Morgan fingerprint density at radius 2 is 1.85 bits per heavy atom. The molecule has 0 spiro atoms. The monoisotopic (exact) mass is 466 g/mol. The first kappa shape index (κ1) is 21.7. The van der Waals surface area contributed by atoms with E-state index in [0.29, 0.717) is 25.4 Å². The van der Waals surface area contributed by atoms with Crippen LogP contribution in [0, 0.1) is 6.92 Å². The zero-order valence-corrected chi connectivity index (χ0v) is 19.3. The zero-order chi connectivity index (χ0) is 23.0. The van der Waals surface area contributed by atoms with E-state index in [1.165, 1.54) is 4.31 Å². The molecule has 1 aromatic heterocycles. The predicted octanol–water partition coefficient (Wildman–Crippen LogP) is 3.56. The van der Waals surface area contributed by atoms with Gasteiger partial charge in [-0.2, -0.15) is 9.40 Å². The van der Waals surface area contributed by atoms with Crippen LogP contribution < -0.4 is 10.1 Å². The van der Waals surface area contributed by atoms with Crippen LogP contribution in [0.4, 0.5) is 5.69 Å². The van der Waals surface area contributed by atoms with Crippen LogP contribution in [0.15, 0.2) is 53.6 Å². The fraction of sp³-hybridized carbons (Fsp3) is 0.333. The normalized spacial score (nSPS) is 15.9. The number of aromatic nitrogens is 2. The summed E-state index contributed by atoms with van der Waals surface area (Å²) in [5.41, 5.74) is 4.39. The van der Waals surface area contributed by atoms with Gasteiger partial charge in [0.25, 0.3) is 0 Å². The topological polar surface area (TPSA) is 93.5 Å². The van der Waals surface area contributed by atoms with Crippen molar-refractivity contribution in [2.75, 3.05) is 18.4 Å². The largest absolute Gasteiger partial charge is 0.488 e. The van der Waals surface area contributed by atoms with Crippen LogP contribution in [0.5, 0.6) is 5.75 Å². The number of carbonyl (C=O) groups is 1. The van der Waals surface area contributed by atoms with Gasteiger partial charge in [0.2, 0.25) is 15.9 Å². The number of hydrogen-bond donors (Lipinski definition) is 1. The second-order valence-electron chi connectivity index (χ2n) is 8.50. The number of benzene rings is 2. The van der Waals surface area contributed by atoms with Crippen molar-refractivity contribution in [1.29, 1.82) is 0 Å². The van der Waals surface area contributed by atoms with Gasteiger partial charge in [-0.25, -0.2) is 8.42 Å². The molecule has 0 aliphatic carbocycles. The van der Waals surface area contributed by atoms with Crippen molar-refractivity contribution in [3.8, 4) is 17.0 Å². The van der Waals surface area contributed by atoms with Crippen molar-refractivity contribution in [3.05, 3.63) is 59.8 Å². The van der Waals surface area contributed by atoms with Gasteiger partial charge in [0.05, 0.1) is 16.8 Å². The first-order valence-corrected chi connectivity index (χ1v) is 12.5. The molecule has 1 fully saturated rings. The highest BCUT2D eigenvalue weighted by molar-refractivity contribution is 7.89. The molecule has 8 nitrogen and oxygen atoms in total. The molecule has 1 amide bonds. The molecule has 3 aromatic rings. The maximum absolute atomic E-state index is 12.8. The van der Waals surface area contributed by atoms with E-state index < -0.39 is 10.0 Å². The van der Waals surface area contributed by atoms with E-state index in [4.69, 9.17) is 4.74 Å². The van der Waals surface area contributed by atoms with Gasteiger partial charge in [-0.15, -0.1) is 0 Å². The van der Waals surface area contributed by atoms with Crippen LogP contribution in [0.3, 0.4) is 0 Å². The molecule has 2 aliphatic heterocycles. The third-order valence-electron chi connectivity index (χ3n) is 6.07. The third kappa shape index (κ3) is 4.26. The number of rotatable bonds is 5. The minimum atomic E-state index is -3.50. The Bertz CT molecular complexity index is 1290. The van der Waals surface area contributed by atoms with Gasteiger partial charge in [0.15, 0.2) is 0 Å². The zero-order valence-electron chi connectivity index (χ0n) is 18.5. The van der Waals surface area contributed by atoms with E-state index in [0.717, 1.165) is 47.4 Å². The number of hydrogen-bond acceptors (Lipinski definition) is 5. The summed E-state index contributed by atoms with van der Waals surface area (Å²) in [5.74, 6) is 0.536. The Kier molecular flexibility index (Phi) is 5.67. The van der Waals surface area contributed by atoms with Crippen LogP contribution >= 0.6 is 0 Å². The molecule has 172 valence electrons. The van der Waals surface area contributed by atoms with Gasteiger partial charge in [-0.3, -0.25) is 9.48 Å². The Hall–Kier alpha value is -3.17. The molecule has 2 aliphatic rings. The fourth-order valence-electron chi connectivity index (χ4n) is 4.37. The summed E-state index contributed by atoms with van der Waals surface area (Å²) in [6.07, 6.45) is 4.57. The number of nitrogens with zero attached hydrogens (tertiary/aromatic N) is 3. The number of fused-ring (bicyclic) bond motifs is 3. The van der Waals surface area contributed by atoms with Crippen molar-refractivity contribution >= 4 is 21.6 Å². The molecule has 33 heavy (non-hydrogen) atoms. The molecule has 0 atom stereocenters. The van der Waals surface area contributed by atoms with Crippen LogP contribution in [-0.2, 0) is 28.0 Å². The molecule has 2 aromatic carbocycles. The standard InChI is InChI=1S/C24H26N4O4S/c1-17-5-10-22-21(13-17)24-18(16-32-22)14-25-28(24)15-23(29)26-19-6-8-20(9-7-19)33(30,31)27-11-3-2-4-12-27/h5-10,13-14H,2-4,11-12,15-16H2,1H3,(H,26,29). The summed E-state index contributed by atoms with van der Waals surface area (Å²) in [6, 6.07) is 12.3. The van der Waals surface area contributed by atoms with Gasteiger partial charge in [-0.1, -0.05) is 18.1 Å². The maximum atomic E-state index is 12.8. The highest BCUT2D eigenvalue weighted by Crippen LogP contribution is 2.38. The summed E-state index contributed by atoms with van der Waals surface area (Å²) in [7, 11) is -3.50. The van der Waals surface area contributed by atoms with Crippen LogP contribution in [0.1, 0.15) is 30.4 Å². The Balaban J connectivity index is 1.30. The van der Waals surface area contributed by atoms with Gasteiger partial charge in [-0.05, 0) is 56.2 Å². The molecule has 1 N–H and O–H groups in total. The van der Waals surface area contributed by atoms with Crippen LogP contribution in [0.2, 0.25) is 0 Å². The quantitative estimate of drug-likeness (QED) is 0.621. The van der Waals surface area contributed by atoms with E-state index in [1.807, 2.05) is 25.1 Å². The lowest BCUT2D eigenvalue weighted by molar-refractivity contribution is -0.116.